The molecule has 0 atom stereocenters. The van der Waals surface area contributed by atoms with Crippen LogP contribution in [0.5, 0.6) is 0 Å². The first-order valence-electron chi connectivity index (χ1n) is 20.7. The molecule has 0 unspecified atom stereocenters. The molecule has 4 fully saturated rings. The second-order valence-electron chi connectivity index (χ2n) is 15.3. The number of benzene rings is 3. The molecular weight excluding hydrogens is 846 g/mol. The van der Waals surface area contributed by atoms with Crippen molar-refractivity contribution in [1.82, 2.24) is 16.0 Å². The maximum Gasteiger partial charge on any atom is 0.322 e. The molecule has 3 aromatic rings. The topological polar surface area (TPSA) is 192 Å². The summed E-state index contributed by atoms with van der Waals surface area (Å²) in [5, 5.41) is 15.5. The number of amides is 3. The van der Waals surface area contributed by atoms with E-state index in [0.717, 1.165) is 71.6 Å². The summed E-state index contributed by atoms with van der Waals surface area (Å²) in [5.41, 5.74) is 4.54. The first kappa shape index (κ1) is 50.3. The number of rotatable bonds is 9. The largest absolute Gasteiger partial charge is 0.371 e. The Morgan fingerprint density at radius 1 is 0.672 bits per heavy atom. The third-order valence-electron chi connectivity index (χ3n) is 10.0. The molecular formula is C46H60BrN5O9. The van der Waals surface area contributed by atoms with E-state index >= 15 is 0 Å². The smallest absolute Gasteiger partial charge is 0.322 e. The van der Waals surface area contributed by atoms with E-state index in [4.69, 9.17) is 5.26 Å². The van der Waals surface area contributed by atoms with Gasteiger partial charge >= 0.3 is 6.03 Å². The van der Waals surface area contributed by atoms with E-state index in [1.165, 1.54) is 0 Å². The molecule has 0 saturated carbocycles. The number of ketones is 5. The Morgan fingerprint density at radius 3 is 1.48 bits per heavy atom. The van der Waals surface area contributed by atoms with Gasteiger partial charge in [0.15, 0.2) is 0 Å². The van der Waals surface area contributed by atoms with E-state index in [-0.39, 0.29) is 23.3 Å². The molecule has 4 heterocycles. The molecule has 0 bridgehead atoms. The van der Waals surface area contributed by atoms with Crippen LogP contribution in [0.1, 0.15) is 82.9 Å². The summed E-state index contributed by atoms with van der Waals surface area (Å²) < 4.78 is 1.02. The van der Waals surface area contributed by atoms with Gasteiger partial charge in [0.1, 0.15) is 34.5 Å². The van der Waals surface area contributed by atoms with Crippen LogP contribution in [0.3, 0.4) is 0 Å². The number of anilines is 2. The lowest BCUT2D eigenvalue weighted by molar-refractivity contribution is -0.237. The summed E-state index contributed by atoms with van der Waals surface area (Å²) in [6, 6.07) is 23.4. The summed E-state index contributed by atoms with van der Waals surface area (Å²) in [7, 11) is 0. The minimum absolute atomic E-state index is 0.139. The molecule has 3 amide bonds. The van der Waals surface area contributed by atoms with Crippen molar-refractivity contribution in [2.45, 2.75) is 91.0 Å². The lowest BCUT2D eigenvalue weighted by Crippen LogP contribution is -2.54. The number of nitrogens with zero attached hydrogens (tertiary/aromatic N) is 2. The molecule has 330 valence electrons. The highest BCUT2D eigenvalue weighted by molar-refractivity contribution is 9.10. The second kappa shape index (κ2) is 26.3. The molecule has 1 spiro atoms. The van der Waals surface area contributed by atoms with Crippen LogP contribution in [0, 0.1) is 0 Å². The number of carbonyl (C=O) groups excluding carboxylic acids is 7. The van der Waals surface area contributed by atoms with Crippen molar-refractivity contribution in [2.75, 3.05) is 55.7 Å². The van der Waals surface area contributed by atoms with Crippen LogP contribution in [0.2, 0.25) is 0 Å². The number of hydrogen-bond donors (Lipinski definition) is 4. The number of nitrogens with one attached hydrogen (secondary N) is 3. The van der Waals surface area contributed by atoms with Crippen LogP contribution in [0.15, 0.2) is 77.3 Å². The van der Waals surface area contributed by atoms with Gasteiger partial charge in [0.05, 0.1) is 6.61 Å². The predicted octanol–water partition coefficient (Wildman–Crippen LogP) is 6.00. The number of hydrogen-bond acceptors (Lipinski definition) is 12. The van der Waals surface area contributed by atoms with Crippen LogP contribution in [0.25, 0.3) is 0 Å². The maximum atomic E-state index is 11.9. The third-order valence-corrected chi connectivity index (χ3v) is 10.5. The van der Waals surface area contributed by atoms with E-state index in [1.54, 1.807) is 27.7 Å². The Labute approximate surface area is 367 Å². The van der Waals surface area contributed by atoms with Gasteiger partial charge in [0.25, 0.3) is 5.91 Å². The second-order valence-corrected chi connectivity index (χ2v) is 16.2. The summed E-state index contributed by atoms with van der Waals surface area (Å²) >= 11 is 3.34. The van der Waals surface area contributed by atoms with E-state index in [0.29, 0.717) is 76.2 Å². The normalized spacial score (nSPS) is 16.5. The Morgan fingerprint density at radius 2 is 1.10 bits per heavy atom. The van der Waals surface area contributed by atoms with Crippen molar-refractivity contribution in [1.29, 1.82) is 0 Å². The zero-order chi connectivity index (χ0) is 44.8. The predicted molar refractivity (Wildman–Crippen MR) is 239 cm³/mol. The standard InChI is InChI=1S/C16H19N3O3.C14H17NO2.C9H9BrO.C5H9NO.C2H6O2/c1-11(20)9-12-3-2-4-13(10-12)19-7-5-16(6-8-19)14(21)17-15(22)18-16;1-11(16)9-12-3-2-4-13(10-12)15-7-5-14(17)6-8-15;1-7(11)5-8-3-2-4-9(10)6-8;7-5-1-3-6-4-2-5;1-2-4-3/h2-4,10H,5-9H2,1H3,(H2,17,18,21,22);2-4,10H,5-9H2,1H3;2-4,6H,5H2,1H3;6H,1-4H2;3H,2H2,1H3. The molecule has 61 heavy (non-hydrogen) atoms. The highest BCUT2D eigenvalue weighted by Crippen LogP contribution is 2.29. The quantitative estimate of drug-likeness (QED) is 0.112. The summed E-state index contributed by atoms with van der Waals surface area (Å²) in [4.78, 5) is 85.8. The zero-order valence-corrected chi connectivity index (χ0v) is 37.3. The fraction of sp³-hybridized carbons (Fsp3) is 0.457. The fourth-order valence-electron chi connectivity index (χ4n) is 6.98. The summed E-state index contributed by atoms with van der Waals surface area (Å²) in [5.74, 6) is 1.04. The van der Waals surface area contributed by atoms with Crippen LogP contribution in [-0.2, 0) is 52.9 Å². The average molecular weight is 907 g/mol. The van der Waals surface area contributed by atoms with E-state index in [2.05, 4.69) is 52.6 Å². The van der Waals surface area contributed by atoms with Crippen molar-refractivity contribution >= 4 is 68.2 Å². The number of halogens is 1. The molecule has 4 N–H and O–H groups in total. The fourth-order valence-corrected chi connectivity index (χ4v) is 7.43. The van der Waals surface area contributed by atoms with Gasteiger partial charge < -0.3 is 20.4 Å². The van der Waals surface area contributed by atoms with Crippen LogP contribution in [-0.4, -0.2) is 97.5 Å². The van der Waals surface area contributed by atoms with Crippen molar-refractivity contribution in [3.63, 3.8) is 0 Å². The maximum absolute atomic E-state index is 11.9. The van der Waals surface area contributed by atoms with Gasteiger partial charge in [-0.05, 0) is 93.6 Å². The van der Waals surface area contributed by atoms with Crippen LogP contribution < -0.4 is 25.8 Å². The molecule has 15 heteroatoms. The molecule has 14 nitrogen and oxygen atoms in total. The van der Waals surface area contributed by atoms with E-state index in [1.807, 2.05) is 66.7 Å². The van der Waals surface area contributed by atoms with Crippen molar-refractivity contribution in [3.05, 3.63) is 94.0 Å². The van der Waals surface area contributed by atoms with Gasteiger partial charge in [0.2, 0.25) is 0 Å². The Balaban J connectivity index is 0.000000225. The molecule has 4 saturated heterocycles. The van der Waals surface area contributed by atoms with E-state index < -0.39 is 11.6 Å². The molecule has 7 rings (SSSR count). The minimum Gasteiger partial charge on any atom is -0.371 e. The lowest BCUT2D eigenvalue weighted by Gasteiger charge is -2.38. The summed E-state index contributed by atoms with van der Waals surface area (Å²) in [6.45, 7) is 11.6. The minimum atomic E-state index is -0.745. The van der Waals surface area contributed by atoms with Gasteiger partial charge in [-0.2, -0.15) is 0 Å². The SMILES string of the molecule is CC(=O)Cc1cccc(Br)c1.CC(=O)Cc1cccc(N2CCC(=O)CC2)c1.CC(=O)Cc1cccc(N2CCC3(CC2)NC(=O)NC3=O)c1.CCOO.O=C1CCNCC1. The highest BCUT2D eigenvalue weighted by Gasteiger charge is 2.47. The summed E-state index contributed by atoms with van der Waals surface area (Å²) in [6.07, 6.45) is 5.36. The number of Topliss-reactive ketones (excluding diaryl/α,β-unsaturated/α-hetero) is 5. The lowest BCUT2D eigenvalue weighted by atomic mass is 9.87. The van der Waals surface area contributed by atoms with Crippen LogP contribution >= 0.6 is 15.9 Å². The molecule has 3 aromatic carbocycles. The van der Waals surface area contributed by atoms with E-state index in [9.17, 15) is 33.6 Å². The molecule has 4 aliphatic rings. The van der Waals surface area contributed by atoms with Crippen LogP contribution in [0.4, 0.5) is 16.2 Å². The van der Waals surface area contributed by atoms with Crippen molar-refractivity contribution in [3.8, 4) is 0 Å². The Bertz CT molecular complexity index is 1940. The highest BCUT2D eigenvalue weighted by atomic mass is 79.9. The van der Waals surface area contributed by atoms with Gasteiger partial charge in [-0.3, -0.25) is 39.3 Å². The van der Waals surface area contributed by atoms with Gasteiger partial charge in [-0.1, -0.05) is 52.3 Å². The number of imide groups is 1. The average Bonchev–Trinajstić information content (AvgIpc) is 3.49. The van der Waals surface area contributed by atoms with Gasteiger partial charge in [-0.25, -0.2) is 9.68 Å². The van der Waals surface area contributed by atoms with Gasteiger partial charge in [0, 0.05) is 100 Å². The van der Waals surface area contributed by atoms with Crippen molar-refractivity contribution in [2.24, 2.45) is 0 Å². The Kier molecular flexibility index (Phi) is 21.7. The first-order valence-corrected chi connectivity index (χ1v) is 21.5. The molecule has 4 aliphatic heterocycles. The first-order chi connectivity index (χ1) is 29.1. The molecule has 0 aliphatic carbocycles. The molecule has 0 aromatic heterocycles. The number of carbonyl (C=O) groups is 7. The molecule has 0 radical (unpaired) electrons. The van der Waals surface area contributed by atoms with Gasteiger partial charge in [-0.15, -0.1) is 0 Å². The Hall–Kier alpha value is -5.09. The van der Waals surface area contributed by atoms with Crippen molar-refractivity contribution < 1.29 is 43.7 Å². The monoisotopic (exact) mass is 905 g/mol. The zero-order valence-electron chi connectivity index (χ0n) is 35.7. The number of urea groups is 1. The third kappa shape index (κ3) is 18.6. The number of piperidine rings is 3.